The Morgan fingerprint density at radius 2 is 2.20 bits per heavy atom. The van der Waals surface area contributed by atoms with Crippen LogP contribution < -0.4 is 10.2 Å². The van der Waals surface area contributed by atoms with Gasteiger partial charge in [-0.1, -0.05) is 25.1 Å². The summed E-state index contributed by atoms with van der Waals surface area (Å²) < 4.78 is 5.69. The number of para-hydroxylation sites is 1. The zero-order valence-electron chi connectivity index (χ0n) is 12.1. The second kappa shape index (κ2) is 6.14. The van der Waals surface area contributed by atoms with Gasteiger partial charge in [0.2, 0.25) is 0 Å². The molecule has 0 unspecified atom stereocenters. The summed E-state index contributed by atoms with van der Waals surface area (Å²) in [5.41, 5.74) is 4.04. The summed E-state index contributed by atoms with van der Waals surface area (Å²) in [5.74, 6) is 1.05. The lowest BCUT2D eigenvalue weighted by Crippen LogP contribution is -2.19. The van der Waals surface area contributed by atoms with Crippen LogP contribution in [0.15, 0.2) is 41.0 Å². The van der Waals surface area contributed by atoms with E-state index in [9.17, 15) is 0 Å². The maximum atomic E-state index is 5.69. The lowest BCUT2D eigenvalue weighted by atomic mass is 10.2. The molecule has 1 N–H and O–H groups in total. The molecule has 1 aliphatic rings. The minimum absolute atomic E-state index is 0.866. The first-order chi connectivity index (χ1) is 9.86. The van der Waals surface area contributed by atoms with Crippen LogP contribution in [0.25, 0.3) is 0 Å². The van der Waals surface area contributed by atoms with Gasteiger partial charge in [-0.25, -0.2) is 0 Å². The first kappa shape index (κ1) is 13.3. The van der Waals surface area contributed by atoms with Crippen LogP contribution in [0.5, 0.6) is 0 Å². The minimum atomic E-state index is 0.866. The molecule has 20 heavy (non-hydrogen) atoms. The second-order valence-electron chi connectivity index (χ2n) is 5.40. The van der Waals surface area contributed by atoms with Crippen LogP contribution in [0, 0.1) is 0 Å². The predicted molar refractivity (Wildman–Crippen MR) is 81.9 cm³/mol. The Balaban J connectivity index is 1.62. The highest BCUT2D eigenvalue weighted by Gasteiger charge is 2.19. The van der Waals surface area contributed by atoms with Crippen LogP contribution in [-0.2, 0) is 19.5 Å². The van der Waals surface area contributed by atoms with E-state index in [1.807, 2.05) is 6.26 Å². The van der Waals surface area contributed by atoms with Crippen LogP contribution >= 0.6 is 0 Å². The van der Waals surface area contributed by atoms with Crippen molar-refractivity contribution in [2.45, 2.75) is 32.9 Å². The molecule has 0 saturated carbocycles. The molecule has 0 bridgehead atoms. The molecular weight excluding hydrogens is 248 g/mol. The molecule has 3 heteroatoms. The summed E-state index contributed by atoms with van der Waals surface area (Å²) in [6, 6.07) is 10.8. The highest BCUT2D eigenvalue weighted by atomic mass is 16.3. The van der Waals surface area contributed by atoms with Crippen molar-refractivity contribution in [3.63, 3.8) is 0 Å². The number of hydrogen-bond donors (Lipinski definition) is 1. The van der Waals surface area contributed by atoms with E-state index in [2.05, 4.69) is 47.5 Å². The molecule has 0 fully saturated rings. The fourth-order valence-corrected chi connectivity index (χ4v) is 2.77. The third-order valence-electron chi connectivity index (χ3n) is 3.79. The zero-order chi connectivity index (χ0) is 13.8. The molecule has 0 radical (unpaired) electrons. The van der Waals surface area contributed by atoms with Crippen LogP contribution in [0.2, 0.25) is 0 Å². The van der Waals surface area contributed by atoms with Crippen molar-refractivity contribution in [1.82, 2.24) is 5.32 Å². The number of nitrogens with one attached hydrogen (secondary N) is 1. The maximum absolute atomic E-state index is 5.69. The van der Waals surface area contributed by atoms with Gasteiger partial charge in [0.15, 0.2) is 0 Å². The molecule has 0 atom stereocenters. The van der Waals surface area contributed by atoms with Crippen LogP contribution in [-0.4, -0.2) is 13.1 Å². The Labute approximate surface area is 120 Å². The molecule has 2 aromatic rings. The van der Waals surface area contributed by atoms with Crippen molar-refractivity contribution in [3.05, 3.63) is 53.5 Å². The molecule has 0 saturated heterocycles. The summed E-state index contributed by atoms with van der Waals surface area (Å²) in [6.45, 7) is 6.08. The average Bonchev–Trinajstić information content (AvgIpc) is 3.08. The van der Waals surface area contributed by atoms with Crippen molar-refractivity contribution >= 4 is 5.69 Å². The van der Waals surface area contributed by atoms with Crippen molar-refractivity contribution in [2.75, 3.05) is 18.0 Å². The second-order valence-corrected chi connectivity index (χ2v) is 5.40. The number of anilines is 1. The Kier molecular flexibility index (Phi) is 4.07. The summed E-state index contributed by atoms with van der Waals surface area (Å²) >= 11 is 0. The van der Waals surface area contributed by atoms with Gasteiger partial charge in [0.25, 0.3) is 0 Å². The van der Waals surface area contributed by atoms with Crippen LogP contribution in [0.4, 0.5) is 5.69 Å². The smallest absolute Gasteiger partial charge is 0.123 e. The summed E-state index contributed by atoms with van der Waals surface area (Å²) in [6.07, 6.45) is 4.18. The van der Waals surface area contributed by atoms with Crippen molar-refractivity contribution in [3.8, 4) is 0 Å². The topological polar surface area (TPSA) is 28.4 Å². The normalized spacial score (nSPS) is 13.8. The van der Waals surface area contributed by atoms with Gasteiger partial charge in [-0.05, 0) is 37.1 Å². The average molecular weight is 270 g/mol. The van der Waals surface area contributed by atoms with E-state index < -0.39 is 0 Å². The van der Waals surface area contributed by atoms with Crippen LogP contribution in [0.3, 0.4) is 0 Å². The Morgan fingerprint density at radius 3 is 3.10 bits per heavy atom. The van der Waals surface area contributed by atoms with Crippen molar-refractivity contribution < 1.29 is 4.42 Å². The van der Waals surface area contributed by atoms with Crippen LogP contribution in [0.1, 0.15) is 30.2 Å². The molecule has 1 aromatic heterocycles. The summed E-state index contributed by atoms with van der Waals surface area (Å²) in [7, 11) is 0. The van der Waals surface area contributed by atoms with E-state index in [4.69, 9.17) is 4.42 Å². The largest absolute Gasteiger partial charge is 0.467 e. The highest BCUT2D eigenvalue weighted by Crippen LogP contribution is 2.29. The van der Waals surface area contributed by atoms with E-state index in [-0.39, 0.29) is 0 Å². The number of benzene rings is 1. The number of furan rings is 1. The lowest BCUT2D eigenvalue weighted by molar-refractivity contribution is 0.501. The third-order valence-corrected chi connectivity index (χ3v) is 3.79. The van der Waals surface area contributed by atoms with E-state index in [0.717, 1.165) is 44.8 Å². The Morgan fingerprint density at radius 1 is 1.30 bits per heavy atom. The lowest BCUT2D eigenvalue weighted by Gasteiger charge is -2.17. The molecular formula is C17H22N2O. The molecule has 2 heterocycles. The van der Waals surface area contributed by atoms with Crippen molar-refractivity contribution in [1.29, 1.82) is 0 Å². The molecule has 1 aliphatic heterocycles. The van der Waals surface area contributed by atoms with Gasteiger partial charge in [-0.15, -0.1) is 0 Å². The molecule has 3 nitrogen and oxygen atoms in total. The zero-order valence-corrected chi connectivity index (χ0v) is 12.1. The highest BCUT2D eigenvalue weighted by molar-refractivity contribution is 5.57. The molecule has 0 aliphatic carbocycles. The van der Waals surface area contributed by atoms with Gasteiger partial charge < -0.3 is 14.6 Å². The fourth-order valence-electron chi connectivity index (χ4n) is 2.77. The summed E-state index contributed by atoms with van der Waals surface area (Å²) in [4.78, 5) is 2.40. The first-order valence-electron chi connectivity index (χ1n) is 7.46. The minimum Gasteiger partial charge on any atom is -0.467 e. The molecule has 106 valence electrons. The van der Waals surface area contributed by atoms with Gasteiger partial charge in [0, 0.05) is 24.3 Å². The number of rotatable bonds is 6. The van der Waals surface area contributed by atoms with Gasteiger partial charge in [0.1, 0.15) is 5.76 Å². The van der Waals surface area contributed by atoms with Gasteiger partial charge >= 0.3 is 0 Å². The summed E-state index contributed by atoms with van der Waals surface area (Å²) in [5, 5.41) is 3.40. The molecule has 0 spiro atoms. The van der Waals surface area contributed by atoms with Crippen molar-refractivity contribution in [2.24, 2.45) is 0 Å². The molecule has 1 aromatic carbocycles. The number of nitrogens with zero attached hydrogens (tertiary/aromatic N) is 1. The predicted octanol–water partition coefficient (Wildman–Crippen LogP) is 3.34. The SMILES string of the molecule is CCCNCc1coc(CN2CCc3ccccc32)c1. The van der Waals surface area contributed by atoms with E-state index >= 15 is 0 Å². The third kappa shape index (κ3) is 2.88. The standard InChI is InChI=1S/C17H22N2O/c1-2-8-18-11-14-10-16(20-13-14)12-19-9-7-15-5-3-4-6-17(15)19/h3-6,10,13,18H,2,7-9,11-12H2,1H3. The monoisotopic (exact) mass is 270 g/mol. The quantitative estimate of drug-likeness (QED) is 0.816. The van der Waals surface area contributed by atoms with Gasteiger partial charge in [0.05, 0.1) is 12.8 Å². The number of fused-ring (bicyclic) bond motifs is 1. The van der Waals surface area contributed by atoms with Gasteiger partial charge in [-0.2, -0.15) is 0 Å². The molecule has 0 amide bonds. The number of hydrogen-bond acceptors (Lipinski definition) is 3. The fraction of sp³-hybridized carbons (Fsp3) is 0.412. The first-order valence-corrected chi connectivity index (χ1v) is 7.46. The maximum Gasteiger partial charge on any atom is 0.123 e. The molecule has 3 rings (SSSR count). The Bertz CT molecular complexity index is 562. The van der Waals surface area contributed by atoms with E-state index in [1.54, 1.807) is 0 Å². The Hall–Kier alpha value is -1.74. The van der Waals surface area contributed by atoms with Gasteiger partial charge in [-0.3, -0.25) is 0 Å². The van der Waals surface area contributed by atoms with E-state index in [0.29, 0.717) is 0 Å². The van der Waals surface area contributed by atoms with E-state index in [1.165, 1.54) is 16.8 Å².